The van der Waals surface area contributed by atoms with Gasteiger partial charge in [-0.1, -0.05) is 12.1 Å². The maximum Gasteiger partial charge on any atom is 0.270 e. The number of aromatic nitrogens is 1. The fraction of sp³-hybridized carbons (Fsp3) is 0.200. The summed E-state index contributed by atoms with van der Waals surface area (Å²) >= 11 is 0. The number of rotatable bonds is 3. The van der Waals surface area contributed by atoms with Crippen LogP contribution in [0.1, 0.15) is 10.5 Å². The average Bonchev–Trinajstić information content (AvgIpc) is 2.63. The Balaban J connectivity index is 2.55. The van der Waals surface area contributed by atoms with Crippen LogP contribution in [0.2, 0.25) is 0 Å². The van der Waals surface area contributed by atoms with Crippen LogP contribution in [0.5, 0.6) is 5.75 Å². The molecule has 0 unspecified atom stereocenters. The van der Waals surface area contributed by atoms with E-state index in [0.717, 1.165) is 0 Å². The van der Waals surface area contributed by atoms with Gasteiger partial charge in [-0.25, -0.2) is 4.39 Å². The van der Waals surface area contributed by atoms with E-state index in [1.165, 1.54) is 28.7 Å². The number of halogens is 1. The number of fused-ring (bicyclic) bond motifs is 1. The number of carbonyl (C=O) groups is 1. The lowest BCUT2D eigenvalue weighted by Crippen LogP contribution is -2.31. The number of hydrogen-bond donors (Lipinski definition) is 0. The second-order valence-electron chi connectivity index (χ2n) is 6.21. The molecule has 1 aromatic heterocycles. The molecule has 0 aliphatic heterocycles. The Morgan fingerprint density at radius 1 is 1.12 bits per heavy atom. The summed E-state index contributed by atoms with van der Waals surface area (Å²) in [5.74, 6) is -0.212. The normalized spacial score (nSPS) is 10.8. The van der Waals surface area contributed by atoms with Crippen LogP contribution < -0.4 is 10.3 Å². The van der Waals surface area contributed by atoms with Gasteiger partial charge in [0.1, 0.15) is 17.3 Å². The highest BCUT2D eigenvalue weighted by molar-refractivity contribution is 6.08. The van der Waals surface area contributed by atoms with Crippen molar-refractivity contribution in [2.75, 3.05) is 21.2 Å². The molecule has 5 nitrogen and oxygen atoms in total. The Bertz CT molecular complexity index is 1070. The Morgan fingerprint density at radius 2 is 1.85 bits per heavy atom. The fourth-order valence-corrected chi connectivity index (χ4v) is 3.02. The van der Waals surface area contributed by atoms with Crippen molar-refractivity contribution in [3.8, 4) is 16.9 Å². The Labute approximate surface area is 150 Å². The van der Waals surface area contributed by atoms with Crippen LogP contribution in [0.3, 0.4) is 0 Å². The second kappa shape index (κ2) is 6.63. The average molecular weight is 354 g/mol. The molecule has 1 amide bonds. The van der Waals surface area contributed by atoms with Crippen LogP contribution in [0.15, 0.2) is 47.3 Å². The number of amides is 1. The van der Waals surface area contributed by atoms with Gasteiger partial charge < -0.3 is 14.2 Å². The Kier molecular flexibility index (Phi) is 4.50. The zero-order valence-electron chi connectivity index (χ0n) is 15.0. The lowest BCUT2D eigenvalue weighted by Gasteiger charge is -2.20. The molecule has 134 valence electrons. The maximum atomic E-state index is 13.9. The van der Waals surface area contributed by atoms with E-state index in [2.05, 4.69) is 0 Å². The van der Waals surface area contributed by atoms with Crippen LogP contribution in [0.4, 0.5) is 4.39 Å². The van der Waals surface area contributed by atoms with Crippen molar-refractivity contribution in [2.45, 2.75) is 0 Å². The summed E-state index contributed by atoms with van der Waals surface area (Å²) in [7, 11) is 6.29. The van der Waals surface area contributed by atoms with Gasteiger partial charge in [-0.2, -0.15) is 0 Å². The molecule has 0 saturated carbocycles. The quantitative estimate of drug-likeness (QED) is 0.726. The standard InChI is InChI=1S/C20H19FN2O3/c1-22(2)20(25)18-17(12-6-5-7-13(21)10-12)16-11-14(26-4)8-9-15(16)19(24)23(18)3/h5-11H,1-4H3. The van der Waals surface area contributed by atoms with Crippen molar-refractivity contribution < 1.29 is 13.9 Å². The van der Waals surface area contributed by atoms with Crippen molar-refractivity contribution in [2.24, 2.45) is 7.05 Å². The Hall–Kier alpha value is -3.15. The summed E-state index contributed by atoms with van der Waals surface area (Å²) in [6.45, 7) is 0. The third-order valence-electron chi connectivity index (χ3n) is 4.33. The molecule has 0 N–H and O–H groups in total. The second-order valence-corrected chi connectivity index (χ2v) is 6.21. The zero-order chi connectivity index (χ0) is 19.0. The van der Waals surface area contributed by atoms with Crippen molar-refractivity contribution in [1.29, 1.82) is 0 Å². The van der Waals surface area contributed by atoms with Gasteiger partial charge >= 0.3 is 0 Å². The molecule has 0 aliphatic rings. The minimum Gasteiger partial charge on any atom is -0.497 e. The maximum absolute atomic E-state index is 13.9. The summed E-state index contributed by atoms with van der Waals surface area (Å²) in [6, 6.07) is 11.0. The Morgan fingerprint density at radius 3 is 2.46 bits per heavy atom. The number of methoxy groups -OCH3 is 1. The van der Waals surface area contributed by atoms with Crippen LogP contribution in [0, 0.1) is 5.82 Å². The van der Waals surface area contributed by atoms with E-state index in [4.69, 9.17) is 4.74 Å². The third kappa shape index (κ3) is 2.83. The lowest BCUT2D eigenvalue weighted by atomic mass is 9.96. The van der Waals surface area contributed by atoms with Crippen molar-refractivity contribution in [3.05, 3.63) is 64.3 Å². The number of ether oxygens (including phenoxy) is 1. The van der Waals surface area contributed by atoms with E-state index < -0.39 is 5.82 Å². The smallest absolute Gasteiger partial charge is 0.270 e. The zero-order valence-corrected chi connectivity index (χ0v) is 15.0. The van der Waals surface area contributed by atoms with Crippen molar-refractivity contribution in [3.63, 3.8) is 0 Å². The highest BCUT2D eigenvalue weighted by atomic mass is 19.1. The third-order valence-corrected chi connectivity index (χ3v) is 4.33. The predicted octanol–water partition coefficient (Wildman–Crippen LogP) is 3.06. The summed E-state index contributed by atoms with van der Waals surface area (Å²) in [6.07, 6.45) is 0. The first kappa shape index (κ1) is 17.7. The minimum atomic E-state index is -0.421. The molecular weight excluding hydrogens is 335 g/mol. The minimum absolute atomic E-state index is 0.200. The number of nitrogens with zero attached hydrogens (tertiary/aromatic N) is 2. The summed E-state index contributed by atoms with van der Waals surface area (Å²) in [5.41, 5.74) is 0.919. The van der Waals surface area contributed by atoms with Crippen molar-refractivity contribution >= 4 is 16.7 Å². The number of pyridine rings is 1. The first-order chi connectivity index (χ1) is 12.3. The van der Waals surface area contributed by atoms with Gasteiger partial charge in [-0.3, -0.25) is 9.59 Å². The molecule has 0 aliphatic carbocycles. The monoisotopic (exact) mass is 354 g/mol. The van der Waals surface area contributed by atoms with Gasteiger partial charge in [0, 0.05) is 37.5 Å². The molecule has 6 heteroatoms. The molecule has 0 atom stereocenters. The predicted molar refractivity (Wildman–Crippen MR) is 99.2 cm³/mol. The number of benzene rings is 2. The summed E-state index contributed by atoms with van der Waals surface area (Å²) < 4.78 is 20.5. The topological polar surface area (TPSA) is 51.5 Å². The highest BCUT2D eigenvalue weighted by Crippen LogP contribution is 2.33. The highest BCUT2D eigenvalue weighted by Gasteiger charge is 2.23. The van der Waals surface area contributed by atoms with Crippen LogP contribution in [-0.2, 0) is 7.05 Å². The first-order valence-electron chi connectivity index (χ1n) is 8.03. The number of hydrogen-bond acceptors (Lipinski definition) is 3. The first-order valence-corrected chi connectivity index (χ1v) is 8.03. The van der Waals surface area contributed by atoms with Gasteiger partial charge in [-0.15, -0.1) is 0 Å². The largest absolute Gasteiger partial charge is 0.497 e. The SMILES string of the molecule is COc1ccc2c(=O)n(C)c(C(=O)N(C)C)c(-c3cccc(F)c3)c2c1. The molecule has 3 rings (SSSR count). The fourth-order valence-electron chi connectivity index (χ4n) is 3.02. The van der Waals surface area contributed by atoms with E-state index in [-0.39, 0.29) is 17.2 Å². The molecule has 0 fully saturated rings. The van der Waals surface area contributed by atoms with Gasteiger partial charge in [0.25, 0.3) is 11.5 Å². The number of carbonyl (C=O) groups excluding carboxylic acids is 1. The van der Waals surface area contributed by atoms with E-state index in [0.29, 0.717) is 27.6 Å². The van der Waals surface area contributed by atoms with Crippen molar-refractivity contribution in [1.82, 2.24) is 9.47 Å². The molecule has 1 heterocycles. The lowest BCUT2D eigenvalue weighted by molar-refractivity contribution is 0.0818. The van der Waals surface area contributed by atoms with Gasteiger partial charge in [0.05, 0.1) is 7.11 Å². The van der Waals surface area contributed by atoms with E-state index in [1.54, 1.807) is 51.5 Å². The molecular formula is C20H19FN2O3. The summed E-state index contributed by atoms with van der Waals surface area (Å²) in [4.78, 5) is 27.0. The van der Waals surface area contributed by atoms with Crippen LogP contribution in [0.25, 0.3) is 21.9 Å². The molecule has 0 spiro atoms. The summed E-state index contributed by atoms with van der Waals surface area (Å²) in [5, 5.41) is 0.978. The van der Waals surface area contributed by atoms with Gasteiger partial charge in [-0.05, 0) is 35.9 Å². The molecule has 26 heavy (non-hydrogen) atoms. The molecule has 0 radical (unpaired) electrons. The van der Waals surface area contributed by atoms with E-state index in [1.807, 2.05) is 0 Å². The van der Waals surface area contributed by atoms with E-state index >= 15 is 0 Å². The molecule has 2 aromatic carbocycles. The molecule has 0 bridgehead atoms. The van der Waals surface area contributed by atoms with E-state index in [9.17, 15) is 14.0 Å². The van der Waals surface area contributed by atoms with Gasteiger partial charge in [0.15, 0.2) is 0 Å². The van der Waals surface area contributed by atoms with Crippen LogP contribution in [-0.4, -0.2) is 36.6 Å². The van der Waals surface area contributed by atoms with Crippen LogP contribution >= 0.6 is 0 Å². The molecule has 0 saturated heterocycles. The van der Waals surface area contributed by atoms with Gasteiger partial charge in [0.2, 0.25) is 0 Å². The molecule has 3 aromatic rings.